The predicted molar refractivity (Wildman–Crippen MR) is 70.0 cm³/mol. The molecule has 1 aliphatic heterocycles. The average Bonchev–Trinajstić information content (AvgIpc) is 2.84. The third-order valence-electron chi connectivity index (χ3n) is 4.65. The van der Waals surface area contributed by atoms with Crippen LogP contribution in [0.3, 0.4) is 0 Å². The van der Waals surface area contributed by atoms with Crippen molar-refractivity contribution in [1.29, 1.82) is 0 Å². The van der Waals surface area contributed by atoms with Crippen LogP contribution in [0.1, 0.15) is 39.0 Å². The Morgan fingerprint density at radius 2 is 2.00 bits per heavy atom. The molecule has 1 N–H and O–H groups in total. The standard InChI is InChI=1S/C14H25F3N2/c1-2-19-7-6-11(10-19)9-18-13-5-3-4-12(8-13)14(15,16)17/h11-13,18H,2-10H2,1H3. The van der Waals surface area contributed by atoms with Crippen LogP contribution in [0.2, 0.25) is 0 Å². The molecule has 0 aromatic rings. The van der Waals surface area contributed by atoms with Crippen LogP contribution >= 0.6 is 0 Å². The van der Waals surface area contributed by atoms with E-state index in [1.807, 2.05) is 0 Å². The minimum absolute atomic E-state index is 0.0658. The molecule has 0 radical (unpaired) electrons. The number of hydrogen-bond donors (Lipinski definition) is 1. The lowest BCUT2D eigenvalue weighted by Crippen LogP contribution is -2.41. The van der Waals surface area contributed by atoms with Crippen molar-refractivity contribution in [3.63, 3.8) is 0 Å². The summed E-state index contributed by atoms with van der Waals surface area (Å²) in [7, 11) is 0. The van der Waals surface area contributed by atoms with E-state index in [2.05, 4.69) is 17.1 Å². The van der Waals surface area contributed by atoms with Crippen LogP contribution in [0.15, 0.2) is 0 Å². The summed E-state index contributed by atoms with van der Waals surface area (Å²) in [4.78, 5) is 2.41. The summed E-state index contributed by atoms with van der Waals surface area (Å²) in [5.41, 5.74) is 0. The second-order valence-corrected chi connectivity index (χ2v) is 6.06. The fourth-order valence-corrected chi connectivity index (χ4v) is 3.37. The van der Waals surface area contributed by atoms with E-state index < -0.39 is 12.1 Å². The summed E-state index contributed by atoms with van der Waals surface area (Å²) in [5.74, 6) is -0.472. The summed E-state index contributed by atoms with van der Waals surface area (Å²) in [6, 6.07) is 0.0658. The first-order valence-corrected chi connectivity index (χ1v) is 7.51. The van der Waals surface area contributed by atoms with Gasteiger partial charge < -0.3 is 10.2 Å². The molecule has 1 aliphatic carbocycles. The van der Waals surface area contributed by atoms with Gasteiger partial charge in [-0.2, -0.15) is 13.2 Å². The maximum absolute atomic E-state index is 12.7. The first-order valence-electron chi connectivity index (χ1n) is 7.51. The van der Waals surface area contributed by atoms with Gasteiger partial charge in [-0.25, -0.2) is 0 Å². The molecule has 0 bridgehead atoms. The molecular formula is C14H25F3N2. The molecule has 2 nitrogen and oxygen atoms in total. The van der Waals surface area contributed by atoms with E-state index >= 15 is 0 Å². The Kier molecular flexibility index (Phi) is 5.12. The van der Waals surface area contributed by atoms with E-state index in [0.29, 0.717) is 18.8 Å². The number of nitrogens with zero attached hydrogens (tertiary/aromatic N) is 1. The number of hydrogen-bond acceptors (Lipinski definition) is 2. The molecular weight excluding hydrogens is 253 g/mol. The van der Waals surface area contributed by atoms with Gasteiger partial charge in [-0.15, -0.1) is 0 Å². The second kappa shape index (κ2) is 6.44. The van der Waals surface area contributed by atoms with Crippen LogP contribution in [-0.2, 0) is 0 Å². The molecule has 19 heavy (non-hydrogen) atoms. The molecule has 0 aromatic carbocycles. The number of halogens is 3. The molecule has 0 aromatic heterocycles. The molecule has 5 heteroatoms. The van der Waals surface area contributed by atoms with Gasteiger partial charge in [-0.05, 0) is 51.2 Å². The maximum atomic E-state index is 12.7. The van der Waals surface area contributed by atoms with Gasteiger partial charge in [0.25, 0.3) is 0 Å². The number of alkyl halides is 3. The normalized spacial score (nSPS) is 33.8. The zero-order valence-electron chi connectivity index (χ0n) is 11.7. The Morgan fingerprint density at radius 1 is 1.21 bits per heavy atom. The molecule has 0 spiro atoms. The zero-order valence-corrected chi connectivity index (χ0v) is 11.7. The number of likely N-dealkylation sites (tertiary alicyclic amines) is 1. The lowest BCUT2D eigenvalue weighted by molar-refractivity contribution is -0.183. The minimum Gasteiger partial charge on any atom is -0.314 e. The molecule has 2 fully saturated rings. The highest BCUT2D eigenvalue weighted by atomic mass is 19.4. The van der Waals surface area contributed by atoms with E-state index in [1.165, 1.54) is 6.42 Å². The average molecular weight is 278 g/mol. The van der Waals surface area contributed by atoms with E-state index in [1.54, 1.807) is 0 Å². The van der Waals surface area contributed by atoms with Crippen molar-refractivity contribution < 1.29 is 13.2 Å². The Labute approximate surface area is 113 Å². The molecule has 2 rings (SSSR count). The van der Waals surface area contributed by atoms with Crippen molar-refractivity contribution >= 4 is 0 Å². The molecule has 1 heterocycles. The Hall–Kier alpha value is -0.290. The van der Waals surface area contributed by atoms with Crippen molar-refractivity contribution in [2.24, 2.45) is 11.8 Å². The monoisotopic (exact) mass is 278 g/mol. The van der Waals surface area contributed by atoms with Gasteiger partial charge >= 0.3 is 6.18 Å². The van der Waals surface area contributed by atoms with Crippen LogP contribution in [0.4, 0.5) is 13.2 Å². The van der Waals surface area contributed by atoms with Gasteiger partial charge in [0.1, 0.15) is 0 Å². The van der Waals surface area contributed by atoms with Crippen molar-refractivity contribution in [3.05, 3.63) is 0 Å². The van der Waals surface area contributed by atoms with Crippen molar-refractivity contribution in [3.8, 4) is 0 Å². The van der Waals surface area contributed by atoms with Gasteiger partial charge in [0.2, 0.25) is 0 Å². The van der Waals surface area contributed by atoms with Crippen molar-refractivity contribution in [2.45, 2.75) is 51.2 Å². The van der Waals surface area contributed by atoms with Crippen LogP contribution in [0.5, 0.6) is 0 Å². The fourth-order valence-electron chi connectivity index (χ4n) is 3.37. The summed E-state index contributed by atoms with van der Waals surface area (Å²) in [6.45, 7) is 6.35. The summed E-state index contributed by atoms with van der Waals surface area (Å²) in [6.07, 6.45) is -0.643. The first kappa shape index (κ1) is 15.1. The topological polar surface area (TPSA) is 15.3 Å². The summed E-state index contributed by atoms with van der Waals surface area (Å²) >= 11 is 0. The van der Waals surface area contributed by atoms with Crippen LogP contribution in [0, 0.1) is 11.8 Å². The SMILES string of the molecule is CCN1CCC(CNC2CCCC(C(F)(F)F)C2)C1. The highest BCUT2D eigenvalue weighted by Gasteiger charge is 2.42. The van der Waals surface area contributed by atoms with E-state index in [9.17, 15) is 13.2 Å². The van der Waals surface area contributed by atoms with Crippen molar-refractivity contribution in [2.75, 3.05) is 26.2 Å². The molecule has 3 atom stereocenters. The quantitative estimate of drug-likeness (QED) is 0.850. The number of nitrogens with one attached hydrogen (secondary N) is 1. The molecule has 2 aliphatic rings. The smallest absolute Gasteiger partial charge is 0.314 e. The Bertz CT molecular complexity index is 280. The summed E-state index contributed by atoms with van der Waals surface area (Å²) in [5, 5.41) is 3.38. The molecule has 1 saturated carbocycles. The molecule has 112 valence electrons. The van der Waals surface area contributed by atoms with E-state index in [4.69, 9.17) is 0 Å². The van der Waals surface area contributed by atoms with Gasteiger partial charge in [-0.3, -0.25) is 0 Å². The second-order valence-electron chi connectivity index (χ2n) is 6.06. The lowest BCUT2D eigenvalue weighted by Gasteiger charge is -2.31. The summed E-state index contributed by atoms with van der Waals surface area (Å²) < 4.78 is 38.2. The van der Waals surface area contributed by atoms with Gasteiger partial charge in [0.05, 0.1) is 5.92 Å². The molecule has 1 saturated heterocycles. The highest BCUT2D eigenvalue weighted by Crippen LogP contribution is 2.37. The lowest BCUT2D eigenvalue weighted by atomic mass is 9.85. The number of rotatable bonds is 4. The zero-order chi connectivity index (χ0) is 13.9. The first-order chi connectivity index (χ1) is 8.99. The molecule has 0 amide bonds. The van der Waals surface area contributed by atoms with Gasteiger partial charge in [0.15, 0.2) is 0 Å². The predicted octanol–water partition coefficient (Wildman–Crippen LogP) is 3.04. The minimum atomic E-state index is -4.01. The third-order valence-corrected chi connectivity index (χ3v) is 4.65. The largest absolute Gasteiger partial charge is 0.391 e. The highest BCUT2D eigenvalue weighted by molar-refractivity contribution is 4.84. The fraction of sp³-hybridized carbons (Fsp3) is 1.00. The Balaban J connectivity index is 1.71. The van der Waals surface area contributed by atoms with Crippen LogP contribution in [-0.4, -0.2) is 43.3 Å². The third kappa shape index (κ3) is 4.35. The van der Waals surface area contributed by atoms with E-state index in [0.717, 1.165) is 32.6 Å². The maximum Gasteiger partial charge on any atom is 0.391 e. The Morgan fingerprint density at radius 3 is 2.63 bits per heavy atom. The van der Waals surface area contributed by atoms with Gasteiger partial charge in [0, 0.05) is 12.6 Å². The van der Waals surface area contributed by atoms with Crippen molar-refractivity contribution in [1.82, 2.24) is 10.2 Å². The van der Waals surface area contributed by atoms with Crippen LogP contribution in [0.25, 0.3) is 0 Å². The van der Waals surface area contributed by atoms with Crippen LogP contribution < -0.4 is 5.32 Å². The van der Waals surface area contributed by atoms with E-state index in [-0.39, 0.29) is 12.5 Å². The molecule has 3 unspecified atom stereocenters. The van der Waals surface area contributed by atoms with Gasteiger partial charge in [-0.1, -0.05) is 13.3 Å².